The smallest absolute Gasteiger partial charge is 0.216 e. The highest BCUT2D eigenvalue weighted by Crippen LogP contribution is 1.45. The predicted octanol–water partition coefficient (Wildman–Crippen LogP) is 0.860. The second-order valence-corrected chi connectivity index (χ2v) is 1.31. The third-order valence-corrected chi connectivity index (χ3v) is 0.352. The molecule has 0 rings (SSSR count). The lowest BCUT2D eigenvalue weighted by atomic mass is 10.7. The number of rotatable bonds is 0. The van der Waals surface area contributed by atoms with E-state index in [1.807, 2.05) is 14.1 Å². The fraction of sp³-hybridized carbons (Fsp3) is 0.857. The first kappa shape index (κ1) is 22.7. The summed E-state index contributed by atoms with van der Waals surface area (Å²) < 4.78 is 0. The molecule has 10 heavy (non-hydrogen) atoms. The van der Waals surface area contributed by atoms with Crippen molar-refractivity contribution in [3.63, 3.8) is 0 Å². The minimum absolute atomic E-state index is 0. The largest absolute Gasteiger partial charge is 0.359 e. The van der Waals surface area contributed by atoms with Crippen LogP contribution in [0.2, 0.25) is 0 Å². The molecule has 3 nitrogen and oxygen atoms in total. The van der Waals surface area contributed by atoms with Crippen molar-refractivity contribution in [3.05, 3.63) is 0 Å². The molecule has 0 saturated carbocycles. The molecule has 0 bridgehead atoms. The molecule has 0 saturated heterocycles. The minimum Gasteiger partial charge on any atom is -0.359 e. The SMILES string of the molecule is C.C.CNC.CNC(C)=O. The Hall–Kier alpha value is -0.570. The number of nitrogens with one attached hydrogen (secondary N) is 2. The lowest BCUT2D eigenvalue weighted by molar-refractivity contribution is -0.118. The minimum atomic E-state index is 0. The summed E-state index contributed by atoms with van der Waals surface area (Å²) in [5.74, 6) is 0.00463. The highest BCUT2D eigenvalue weighted by Gasteiger charge is 1.72. The molecule has 0 fully saturated rings. The van der Waals surface area contributed by atoms with Gasteiger partial charge in [-0.15, -0.1) is 0 Å². The number of hydrogen-bond donors (Lipinski definition) is 2. The Labute approximate surface area is 65.2 Å². The highest BCUT2D eigenvalue weighted by molar-refractivity contribution is 5.72. The van der Waals surface area contributed by atoms with E-state index in [2.05, 4.69) is 10.6 Å². The van der Waals surface area contributed by atoms with Crippen molar-refractivity contribution >= 4 is 5.91 Å². The van der Waals surface area contributed by atoms with Crippen LogP contribution in [0.15, 0.2) is 0 Å². The average Bonchev–Trinajstić information content (AvgIpc) is 1.69. The maximum Gasteiger partial charge on any atom is 0.216 e. The lowest BCUT2D eigenvalue weighted by Gasteiger charge is -1.80. The summed E-state index contributed by atoms with van der Waals surface area (Å²) in [6.45, 7) is 1.47. The number of amides is 1. The van der Waals surface area contributed by atoms with Gasteiger partial charge >= 0.3 is 0 Å². The fourth-order valence-electron chi connectivity index (χ4n) is 0. The molecular formula is C7H22N2O. The topological polar surface area (TPSA) is 41.1 Å². The highest BCUT2D eigenvalue weighted by atomic mass is 16.1. The van der Waals surface area contributed by atoms with Crippen molar-refractivity contribution in [2.75, 3.05) is 21.1 Å². The number of carbonyl (C=O) groups is 1. The second kappa shape index (κ2) is 23.7. The summed E-state index contributed by atoms with van der Waals surface area (Å²) in [6.07, 6.45) is 0. The third-order valence-electron chi connectivity index (χ3n) is 0.352. The molecule has 0 heterocycles. The van der Waals surface area contributed by atoms with Crippen molar-refractivity contribution in [1.29, 1.82) is 0 Å². The van der Waals surface area contributed by atoms with Gasteiger partial charge in [0.25, 0.3) is 0 Å². The van der Waals surface area contributed by atoms with E-state index >= 15 is 0 Å². The molecule has 0 aromatic heterocycles. The first-order valence-electron chi connectivity index (χ1n) is 2.45. The zero-order chi connectivity index (χ0) is 6.99. The van der Waals surface area contributed by atoms with Crippen LogP contribution >= 0.6 is 0 Å². The molecule has 0 aliphatic rings. The van der Waals surface area contributed by atoms with Crippen LogP contribution in [0.3, 0.4) is 0 Å². The summed E-state index contributed by atoms with van der Waals surface area (Å²) >= 11 is 0. The second-order valence-electron chi connectivity index (χ2n) is 1.31. The van der Waals surface area contributed by atoms with Gasteiger partial charge in [0.05, 0.1) is 0 Å². The van der Waals surface area contributed by atoms with Crippen molar-refractivity contribution in [1.82, 2.24) is 10.6 Å². The van der Waals surface area contributed by atoms with E-state index in [1.165, 1.54) is 6.92 Å². The first-order chi connectivity index (χ1) is 3.68. The van der Waals surface area contributed by atoms with E-state index in [-0.39, 0.29) is 20.8 Å². The van der Waals surface area contributed by atoms with E-state index in [9.17, 15) is 4.79 Å². The van der Waals surface area contributed by atoms with Gasteiger partial charge in [-0.2, -0.15) is 0 Å². The molecule has 1 amide bonds. The predicted molar refractivity (Wildman–Crippen MR) is 48.2 cm³/mol. The van der Waals surface area contributed by atoms with E-state index in [1.54, 1.807) is 7.05 Å². The van der Waals surface area contributed by atoms with Gasteiger partial charge in [0.2, 0.25) is 5.91 Å². The normalized spacial score (nSPS) is 5.20. The standard InChI is InChI=1S/C3H7NO.C2H7N.2CH4/c1-3(5)4-2;1-3-2;;/h1-2H3,(H,4,5);3H,1-2H3;2*1H4. The van der Waals surface area contributed by atoms with Gasteiger partial charge in [0.15, 0.2) is 0 Å². The van der Waals surface area contributed by atoms with Gasteiger partial charge in [-0.3, -0.25) is 4.79 Å². The molecule has 0 unspecified atom stereocenters. The van der Waals surface area contributed by atoms with Crippen molar-refractivity contribution < 1.29 is 4.79 Å². The quantitative estimate of drug-likeness (QED) is 0.538. The maximum absolute atomic E-state index is 9.70. The van der Waals surface area contributed by atoms with Crippen LogP contribution in [-0.4, -0.2) is 27.1 Å². The Bertz CT molecular complexity index is 55.6. The van der Waals surface area contributed by atoms with Gasteiger partial charge < -0.3 is 10.6 Å². The van der Waals surface area contributed by atoms with E-state index in [4.69, 9.17) is 0 Å². The summed E-state index contributed by atoms with van der Waals surface area (Å²) in [5, 5.41) is 5.14. The molecular weight excluding hydrogens is 128 g/mol. The Balaban J connectivity index is -0.0000000326. The Morgan fingerprint density at radius 3 is 1.20 bits per heavy atom. The van der Waals surface area contributed by atoms with E-state index in [0.29, 0.717) is 0 Å². The molecule has 0 atom stereocenters. The molecule has 0 spiro atoms. The van der Waals surface area contributed by atoms with Gasteiger partial charge in [-0.25, -0.2) is 0 Å². The van der Waals surface area contributed by atoms with Crippen LogP contribution in [0, 0.1) is 0 Å². The molecule has 0 aliphatic carbocycles. The van der Waals surface area contributed by atoms with Crippen LogP contribution in [0.5, 0.6) is 0 Å². The summed E-state index contributed by atoms with van der Waals surface area (Å²) in [5.41, 5.74) is 0. The van der Waals surface area contributed by atoms with Gasteiger partial charge in [0, 0.05) is 14.0 Å². The molecule has 3 heteroatoms. The van der Waals surface area contributed by atoms with Gasteiger partial charge in [-0.05, 0) is 14.1 Å². The average molecular weight is 150 g/mol. The van der Waals surface area contributed by atoms with Crippen molar-refractivity contribution in [3.8, 4) is 0 Å². The van der Waals surface area contributed by atoms with E-state index < -0.39 is 0 Å². The zero-order valence-corrected chi connectivity index (χ0v) is 5.91. The Morgan fingerprint density at radius 1 is 1.10 bits per heavy atom. The third kappa shape index (κ3) is 150. The summed E-state index contributed by atoms with van der Waals surface area (Å²) in [6, 6.07) is 0. The maximum atomic E-state index is 9.70. The Morgan fingerprint density at radius 2 is 1.20 bits per heavy atom. The lowest BCUT2D eigenvalue weighted by Crippen LogP contribution is -2.11. The van der Waals surface area contributed by atoms with Crippen molar-refractivity contribution in [2.24, 2.45) is 0 Å². The first-order valence-corrected chi connectivity index (χ1v) is 2.45. The molecule has 66 valence electrons. The van der Waals surface area contributed by atoms with Crippen LogP contribution in [0.1, 0.15) is 21.8 Å². The van der Waals surface area contributed by atoms with Crippen molar-refractivity contribution in [2.45, 2.75) is 21.8 Å². The molecule has 0 aliphatic heterocycles. The van der Waals surface area contributed by atoms with Crippen LogP contribution < -0.4 is 10.6 Å². The number of hydrogen-bond acceptors (Lipinski definition) is 2. The summed E-state index contributed by atoms with van der Waals surface area (Å²) in [4.78, 5) is 9.70. The molecule has 0 aromatic carbocycles. The molecule has 0 aromatic rings. The van der Waals surface area contributed by atoms with Crippen LogP contribution in [0.4, 0.5) is 0 Å². The van der Waals surface area contributed by atoms with Crippen LogP contribution in [-0.2, 0) is 4.79 Å². The van der Waals surface area contributed by atoms with Gasteiger partial charge in [-0.1, -0.05) is 14.9 Å². The van der Waals surface area contributed by atoms with E-state index in [0.717, 1.165) is 0 Å². The molecule has 2 N–H and O–H groups in total. The summed E-state index contributed by atoms with van der Waals surface area (Å²) in [7, 11) is 5.35. The monoisotopic (exact) mass is 150 g/mol. The fourth-order valence-corrected chi connectivity index (χ4v) is 0. The Kier molecular flexibility index (Phi) is 53.9. The molecule has 0 radical (unpaired) electrons. The zero-order valence-electron chi connectivity index (χ0n) is 5.91. The van der Waals surface area contributed by atoms with Crippen LogP contribution in [0.25, 0.3) is 0 Å². The number of carbonyl (C=O) groups excluding carboxylic acids is 1. The van der Waals surface area contributed by atoms with Gasteiger partial charge in [0.1, 0.15) is 0 Å².